The maximum atomic E-state index is 11.2. The van der Waals surface area contributed by atoms with Crippen LogP contribution in [0.2, 0.25) is 0 Å². The molecule has 136 valence electrons. The number of carbonyl (C=O) groups is 1. The Morgan fingerprint density at radius 1 is 0.875 bits per heavy atom. The molecule has 2 N–H and O–H groups in total. The summed E-state index contributed by atoms with van der Waals surface area (Å²) in [5.41, 5.74) is 10.3. The van der Waals surface area contributed by atoms with Crippen LogP contribution in [0.3, 0.4) is 0 Å². The Labute approximate surface area is 148 Å². The number of nitrogens with two attached hydrogens (primary N) is 1. The van der Waals surface area contributed by atoms with Crippen molar-refractivity contribution in [3.8, 4) is 0 Å². The van der Waals surface area contributed by atoms with Gasteiger partial charge in [-0.25, -0.2) is 4.79 Å². The van der Waals surface area contributed by atoms with Crippen LogP contribution in [0.15, 0.2) is 46.3 Å². The Kier molecular flexibility index (Phi) is 11.7. The lowest BCUT2D eigenvalue weighted by Crippen LogP contribution is -2.13. The summed E-state index contributed by atoms with van der Waals surface area (Å²) < 4.78 is 5.24. The van der Waals surface area contributed by atoms with Gasteiger partial charge >= 0.3 is 6.09 Å². The first-order chi connectivity index (χ1) is 11.3. The quantitative estimate of drug-likeness (QED) is 0.363. The zero-order valence-electron chi connectivity index (χ0n) is 16.4. The Balaban J connectivity index is 4.69. The van der Waals surface area contributed by atoms with Gasteiger partial charge in [-0.2, -0.15) is 0 Å². The van der Waals surface area contributed by atoms with E-state index in [1.807, 2.05) is 6.92 Å². The van der Waals surface area contributed by atoms with E-state index in [1.165, 1.54) is 16.7 Å². The van der Waals surface area contributed by atoms with Crippen LogP contribution < -0.4 is 5.73 Å². The van der Waals surface area contributed by atoms with Gasteiger partial charge in [0.05, 0.1) is 0 Å². The van der Waals surface area contributed by atoms with E-state index in [1.54, 1.807) is 0 Å². The summed E-state index contributed by atoms with van der Waals surface area (Å²) in [5.74, 6) is 0.724. The molecule has 0 aliphatic carbocycles. The highest BCUT2D eigenvalue weighted by atomic mass is 16.5. The highest BCUT2D eigenvalue weighted by Crippen LogP contribution is 2.21. The largest absolute Gasteiger partial charge is 0.415 e. The molecule has 0 aromatic rings. The van der Waals surface area contributed by atoms with Crippen LogP contribution in [-0.4, -0.2) is 6.09 Å². The highest BCUT2D eigenvalue weighted by Gasteiger charge is 2.08. The second kappa shape index (κ2) is 12.6. The molecular formula is C21H35NO2. The number of amides is 1. The Bertz CT molecular complexity index is 518. The predicted molar refractivity (Wildman–Crippen MR) is 104 cm³/mol. The summed E-state index contributed by atoms with van der Waals surface area (Å²) in [7, 11) is 0. The summed E-state index contributed by atoms with van der Waals surface area (Å²) in [6.45, 7) is 12.5. The van der Waals surface area contributed by atoms with E-state index in [-0.39, 0.29) is 0 Å². The van der Waals surface area contributed by atoms with Crippen molar-refractivity contribution in [2.24, 2.45) is 5.73 Å². The monoisotopic (exact) mass is 333 g/mol. The molecule has 0 unspecified atom stereocenters. The van der Waals surface area contributed by atoms with Gasteiger partial charge in [-0.05, 0) is 79.2 Å². The molecule has 3 heteroatoms. The van der Waals surface area contributed by atoms with Crippen LogP contribution >= 0.6 is 0 Å². The SMILES string of the molecule is C/C=C(\C)CC/C=C(\C)CC/C(OC(N)=O)=C(/C)CCC=C(C)C. The van der Waals surface area contributed by atoms with Crippen LogP contribution in [0.1, 0.15) is 80.1 Å². The van der Waals surface area contributed by atoms with E-state index < -0.39 is 6.09 Å². The van der Waals surface area contributed by atoms with Gasteiger partial charge in [-0.3, -0.25) is 0 Å². The zero-order chi connectivity index (χ0) is 18.5. The minimum Gasteiger partial charge on any atom is -0.415 e. The van der Waals surface area contributed by atoms with Crippen LogP contribution in [0.25, 0.3) is 0 Å². The average Bonchev–Trinajstić information content (AvgIpc) is 2.50. The molecule has 0 radical (unpaired) electrons. The molecule has 0 saturated heterocycles. The second-order valence-electron chi connectivity index (χ2n) is 6.67. The summed E-state index contributed by atoms with van der Waals surface area (Å²) in [6.07, 6.45) is 11.5. The Hall–Kier alpha value is -1.77. The van der Waals surface area contributed by atoms with Crippen molar-refractivity contribution in [2.75, 3.05) is 0 Å². The lowest BCUT2D eigenvalue weighted by molar-refractivity contribution is 0.182. The summed E-state index contributed by atoms with van der Waals surface area (Å²) >= 11 is 0. The molecule has 24 heavy (non-hydrogen) atoms. The molecule has 0 spiro atoms. The average molecular weight is 334 g/mol. The van der Waals surface area contributed by atoms with Crippen molar-refractivity contribution in [3.05, 3.63) is 46.3 Å². The normalized spacial score (nSPS) is 13.4. The fourth-order valence-corrected chi connectivity index (χ4v) is 2.29. The second-order valence-corrected chi connectivity index (χ2v) is 6.67. The maximum Gasteiger partial charge on any atom is 0.409 e. The third-order valence-electron chi connectivity index (χ3n) is 4.04. The molecule has 0 heterocycles. The zero-order valence-corrected chi connectivity index (χ0v) is 16.4. The molecule has 0 fully saturated rings. The first kappa shape index (κ1) is 22.2. The van der Waals surface area contributed by atoms with Gasteiger partial charge in [0.1, 0.15) is 5.76 Å². The molecule has 0 aromatic heterocycles. The lowest BCUT2D eigenvalue weighted by Gasteiger charge is -2.12. The predicted octanol–water partition coefficient (Wildman–Crippen LogP) is 6.58. The Morgan fingerprint density at radius 2 is 1.50 bits per heavy atom. The first-order valence-corrected chi connectivity index (χ1v) is 8.83. The molecule has 0 aliphatic rings. The van der Waals surface area contributed by atoms with E-state index >= 15 is 0 Å². The van der Waals surface area contributed by atoms with E-state index in [0.717, 1.165) is 43.4 Å². The van der Waals surface area contributed by atoms with E-state index in [4.69, 9.17) is 10.5 Å². The minimum atomic E-state index is -0.725. The molecule has 0 saturated carbocycles. The van der Waals surface area contributed by atoms with Crippen molar-refractivity contribution < 1.29 is 9.53 Å². The number of hydrogen-bond acceptors (Lipinski definition) is 2. The van der Waals surface area contributed by atoms with Gasteiger partial charge in [-0.15, -0.1) is 0 Å². The molecule has 0 aromatic carbocycles. The van der Waals surface area contributed by atoms with Crippen molar-refractivity contribution >= 4 is 6.09 Å². The molecule has 0 rings (SSSR count). The van der Waals surface area contributed by atoms with Crippen LogP contribution in [-0.2, 0) is 4.74 Å². The van der Waals surface area contributed by atoms with Gasteiger partial charge < -0.3 is 10.5 Å². The van der Waals surface area contributed by atoms with Crippen LogP contribution in [0.4, 0.5) is 4.79 Å². The fourth-order valence-electron chi connectivity index (χ4n) is 2.29. The van der Waals surface area contributed by atoms with Crippen molar-refractivity contribution in [3.63, 3.8) is 0 Å². The van der Waals surface area contributed by atoms with Gasteiger partial charge in [0.2, 0.25) is 0 Å². The number of ether oxygens (including phenoxy) is 1. The number of rotatable bonds is 10. The van der Waals surface area contributed by atoms with E-state index in [0.29, 0.717) is 6.42 Å². The smallest absolute Gasteiger partial charge is 0.409 e. The van der Waals surface area contributed by atoms with Gasteiger partial charge in [0.25, 0.3) is 0 Å². The number of carbonyl (C=O) groups excluding carboxylic acids is 1. The summed E-state index contributed by atoms with van der Waals surface area (Å²) in [6, 6.07) is 0. The van der Waals surface area contributed by atoms with Gasteiger partial charge in [0.15, 0.2) is 0 Å². The molecule has 3 nitrogen and oxygen atoms in total. The number of primary amides is 1. The standard InChI is InChI=1S/C21H35NO2/c1-7-17(4)11-9-12-18(5)14-15-20(24-21(22)23)19(6)13-8-10-16(2)3/h7,10,12H,8-9,11,13-15H2,1-6H3,(H2,22,23)/b17-7+,18-12+,20-19+. The minimum absolute atomic E-state index is 0.717. The van der Waals surface area contributed by atoms with Gasteiger partial charge in [-0.1, -0.05) is 34.9 Å². The molecule has 0 aliphatic heterocycles. The number of hydrogen-bond donors (Lipinski definition) is 1. The van der Waals surface area contributed by atoms with Crippen molar-refractivity contribution in [2.45, 2.75) is 80.1 Å². The fraction of sp³-hybridized carbons (Fsp3) is 0.571. The van der Waals surface area contributed by atoms with Crippen molar-refractivity contribution in [1.29, 1.82) is 0 Å². The van der Waals surface area contributed by atoms with Crippen molar-refractivity contribution in [1.82, 2.24) is 0 Å². The molecule has 0 bridgehead atoms. The first-order valence-electron chi connectivity index (χ1n) is 8.83. The third-order valence-corrected chi connectivity index (χ3v) is 4.04. The molecule has 1 amide bonds. The molecule has 0 atom stereocenters. The van der Waals surface area contributed by atoms with Gasteiger partial charge in [0, 0.05) is 6.42 Å². The number of allylic oxidation sites excluding steroid dienone is 8. The highest BCUT2D eigenvalue weighted by molar-refractivity contribution is 5.66. The topological polar surface area (TPSA) is 52.3 Å². The Morgan fingerprint density at radius 3 is 2.04 bits per heavy atom. The summed E-state index contributed by atoms with van der Waals surface area (Å²) in [4.78, 5) is 11.2. The van der Waals surface area contributed by atoms with E-state index in [9.17, 15) is 4.79 Å². The van der Waals surface area contributed by atoms with Crippen LogP contribution in [0, 0.1) is 0 Å². The third kappa shape index (κ3) is 11.8. The van der Waals surface area contributed by atoms with Crippen LogP contribution in [0.5, 0.6) is 0 Å². The summed E-state index contributed by atoms with van der Waals surface area (Å²) in [5, 5.41) is 0. The molecular weight excluding hydrogens is 298 g/mol. The lowest BCUT2D eigenvalue weighted by atomic mass is 10.0. The maximum absolute atomic E-state index is 11.2. The van der Waals surface area contributed by atoms with E-state index in [2.05, 4.69) is 52.8 Å².